The number of ether oxygens (including phenoxy) is 1. The Hall–Kier alpha value is -1.84. The molecule has 0 radical (unpaired) electrons. The molecule has 0 aliphatic heterocycles. The van der Waals surface area contributed by atoms with Crippen LogP contribution in [0.5, 0.6) is 0 Å². The Balaban J connectivity index is 2.69. The van der Waals surface area contributed by atoms with E-state index in [9.17, 15) is 9.18 Å². The molecule has 2 N–H and O–H groups in total. The Morgan fingerprint density at radius 3 is 2.62 bits per heavy atom. The number of esters is 1. The maximum Gasteiger partial charge on any atom is 0.332 e. The van der Waals surface area contributed by atoms with Gasteiger partial charge >= 0.3 is 5.97 Å². The Morgan fingerprint density at radius 2 is 2.06 bits per heavy atom. The lowest BCUT2D eigenvalue weighted by molar-refractivity contribution is -0.137. The van der Waals surface area contributed by atoms with Crippen LogP contribution in [0.1, 0.15) is 18.9 Å². The van der Waals surface area contributed by atoms with Gasteiger partial charge in [0.15, 0.2) is 0 Å². The Bertz CT molecular complexity index is 385. The van der Waals surface area contributed by atoms with Crippen molar-refractivity contribution < 1.29 is 13.9 Å². The minimum atomic E-state index is -0.483. The third-order valence-electron chi connectivity index (χ3n) is 1.90. The molecule has 3 nitrogen and oxygen atoms in total. The molecule has 16 heavy (non-hydrogen) atoms. The lowest BCUT2D eigenvalue weighted by Crippen LogP contribution is -2.06. The maximum absolute atomic E-state index is 12.6. The summed E-state index contributed by atoms with van der Waals surface area (Å²) in [4.78, 5) is 11.2. The summed E-state index contributed by atoms with van der Waals surface area (Å²) in [5.41, 5.74) is 6.51. The van der Waals surface area contributed by atoms with Gasteiger partial charge in [0, 0.05) is 11.8 Å². The predicted molar refractivity (Wildman–Crippen MR) is 59.8 cm³/mol. The van der Waals surface area contributed by atoms with Crippen LogP contribution in [0.15, 0.2) is 30.3 Å². The Kier molecular flexibility index (Phi) is 4.51. The minimum absolute atomic E-state index is 0.265. The first-order chi connectivity index (χ1) is 7.63. The fourth-order valence-electron chi connectivity index (χ4n) is 1.10. The number of rotatable bonds is 4. The average molecular weight is 223 g/mol. The average Bonchev–Trinajstić information content (AvgIpc) is 2.27. The molecule has 0 heterocycles. The van der Waals surface area contributed by atoms with Crippen molar-refractivity contribution in [3.05, 3.63) is 41.7 Å². The molecular formula is C12H14FNO2. The molecule has 0 aliphatic carbocycles. The Morgan fingerprint density at radius 1 is 1.44 bits per heavy atom. The number of hydrogen-bond donors (Lipinski definition) is 1. The number of carbonyl (C=O) groups is 1. The molecule has 0 saturated heterocycles. The molecule has 0 bridgehead atoms. The van der Waals surface area contributed by atoms with Gasteiger partial charge in [-0.25, -0.2) is 9.18 Å². The summed E-state index contributed by atoms with van der Waals surface area (Å²) in [6, 6.07) is 5.59. The van der Waals surface area contributed by atoms with Crippen LogP contribution in [-0.4, -0.2) is 12.6 Å². The van der Waals surface area contributed by atoms with Crippen molar-refractivity contribution in [2.75, 3.05) is 6.61 Å². The summed E-state index contributed by atoms with van der Waals surface area (Å²) in [6.45, 7) is 2.27. The topological polar surface area (TPSA) is 52.3 Å². The molecule has 0 aliphatic rings. The van der Waals surface area contributed by atoms with Gasteiger partial charge in [0.1, 0.15) is 5.82 Å². The molecule has 0 unspecified atom stereocenters. The van der Waals surface area contributed by atoms with Gasteiger partial charge in [-0.2, -0.15) is 0 Å². The predicted octanol–water partition coefficient (Wildman–Crippen LogP) is 2.08. The summed E-state index contributed by atoms with van der Waals surface area (Å²) >= 11 is 0. The SMILES string of the molecule is CCCOC(=O)C=C(N)c1ccc(F)cc1. The monoisotopic (exact) mass is 223 g/mol. The second kappa shape index (κ2) is 5.90. The van der Waals surface area contributed by atoms with E-state index >= 15 is 0 Å². The highest BCUT2D eigenvalue weighted by atomic mass is 19.1. The molecule has 0 amide bonds. The van der Waals surface area contributed by atoms with Crippen molar-refractivity contribution in [3.8, 4) is 0 Å². The molecule has 0 fully saturated rings. The third-order valence-corrected chi connectivity index (χ3v) is 1.90. The summed E-state index contributed by atoms with van der Waals surface area (Å²) in [5, 5.41) is 0. The summed E-state index contributed by atoms with van der Waals surface area (Å²) in [7, 11) is 0. The van der Waals surface area contributed by atoms with Crippen molar-refractivity contribution in [2.24, 2.45) is 5.73 Å². The van der Waals surface area contributed by atoms with Crippen LogP contribution in [0, 0.1) is 5.82 Å². The van der Waals surface area contributed by atoms with Gasteiger partial charge < -0.3 is 10.5 Å². The lowest BCUT2D eigenvalue weighted by Gasteiger charge is -2.02. The number of nitrogens with two attached hydrogens (primary N) is 1. The van der Waals surface area contributed by atoms with E-state index in [0.29, 0.717) is 12.2 Å². The number of benzene rings is 1. The normalized spacial score (nSPS) is 11.2. The van der Waals surface area contributed by atoms with Crippen molar-refractivity contribution in [2.45, 2.75) is 13.3 Å². The quantitative estimate of drug-likeness (QED) is 0.628. The zero-order valence-corrected chi connectivity index (χ0v) is 9.07. The van der Waals surface area contributed by atoms with E-state index in [2.05, 4.69) is 0 Å². The van der Waals surface area contributed by atoms with Crippen LogP contribution in [0.4, 0.5) is 4.39 Å². The first kappa shape index (κ1) is 12.2. The molecule has 0 atom stereocenters. The van der Waals surface area contributed by atoms with Gasteiger partial charge in [0.25, 0.3) is 0 Å². The van der Waals surface area contributed by atoms with Crippen LogP contribution in [0.25, 0.3) is 5.70 Å². The third kappa shape index (κ3) is 3.73. The van der Waals surface area contributed by atoms with Crippen molar-refractivity contribution in [1.82, 2.24) is 0 Å². The van der Waals surface area contributed by atoms with E-state index in [1.807, 2.05) is 6.92 Å². The molecule has 86 valence electrons. The zero-order chi connectivity index (χ0) is 12.0. The zero-order valence-electron chi connectivity index (χ0n) is 9.07. The molecule has 1 rings (SSSR count). The highest BCUT2D eigenvalue weighted by molar-refractivity contribution is 5.90. The van der Waals surface area contributed by atoms with Crippen molar-refractivity contribution >= 4 is 11.7 Å². The highest BCUT2D eigenvalue weighted by Gasteiger charge is 2.02. The molecule has 1 aromatic rings. The largest absolute Gasteiger partial charge is 0.462 e. The van der Waals surface area contributed by atoms with Gasteiger partial charge in [0.05, 0.1) is 6.61 Å². The minimum Gasteiger partial charge on any atom is -0.462 e. The molecule has 0 spiro atoms. The first-order valence-corrected chi connectivity index (χ1v) is 5.03. The molecular weight excluding hydrogens is 209 g/mol. The number of hydrogen-bond acceptors (Lipinski definition) is 3. The maximum atomic E-state index is 12.6. The van der Waals surface area contributed by atoms with Crippen LogP contribution >= 0.6 is 0 Å². The van der Waals surface area contributed by atoms with Gasteiger partial charge in [-0.05, 0) is 24.1 Å². The smallest absolute Gasteiger partial charge is 0.332 e. The van der Waals surface area contributed by atoms with E-state index in [1.54, 1.807) is 0 Å². The lowest BCUT2D eigenvalue weighted by atomic mass is 10.1. The molecule has 0 saturated carbocycles. The number of halogens is 1. The van der Waals surface area contributed by atoms with Gasteiger partial charge in [0.2, 0.25) is 0 Å². The van der Waals surface area contributed by atoms with Gasteiger partial charge in [-0.1, -0.05) is 19.1 Å². The van der Waals surface area contributed by atoms with Crippen LogP contribution in [-0.2, 0) is 9.53 Å². The molecule has 1 aromatic carbocycles. The van der Waals surface area contributed by atoms with E-state index in [4.69, 9.17) is 10.5 Å². The van der Waals surface area contributed by atoms with Crippen molar-refractivity contribution in [1.29, 1.82) is 0 Å². The first-order valence-electron chi connectivity index (χ1n) is 5.03. The van der Waals surface area contributed by atoms with Crippen LogP contribution in [0.3, 0.4) is 0 Å². The fourth-order valence-corrected chi connectivity index (χ4v) is 1.10. The van der Waals surface area contributed by atoms with Crippen molar-refractivity contribution in [3.63, 3.8) is 0 Å². The van der Waals surface area contributed by atoms with E-state index < -0.39 is 5.97 Å². The molecule has 4 heteroatoms. The van der Waals surface area contributed by atoms with E-state index in [0.717, 1.165) is 6.42 Å². The second-order valence-electron chi connectivity index (χ2n) is 3.27. The van der Waals surface area contributed by atoms with Crippen LogP contribution in [0.2, 0.25) is 0 Å². The summed E-state index contributed by atoms with van der Waals surface area (Å²) in [6.07, 6.45) is 1.96. The van der Waals surface area contributed by atoms with E-state index in [-0.39, 0.29) is 11.5 Å². The Labute approximate surface area is 93.7 Å². The fraction of sp³-hybridized carbons (Fsp3) is 0.250. The van der Waals surface area contributed by atoms with Gasteiger partial charge in [-0.3, -0.25) is 0 Å². The second-order valence-corrected chi connectivity index (χ2v) is 3.27. The summed E-state index contributed by atoms with van der Waals surface area (Å²) in [5.74, 6) is -0.825. The summed E-state index contributed by atoms with van der Waals surface area (Å²) < 4.78 is 17.5. The van der Waals surface area contributed by atoms with E-state index in [1.165, 1.54) is 30.3 Å². The van der Waals surface area contributed by atoms with Crippen LogP contribution < -0.4 is 5.73 Å². The standard InChI is InChI=1S/C12H14FNO2/c1-2-7-16-12(15)8-11(14)9-3-5-10(13)6-4-9/h3-6,8H,2,7,14H2,1H3. The van der Waals surface area contributed by atoms with Gasteiger partial charge in [-0.15, -0.1) is 0 Å². The molecule has 0 aromatic heterocycles. The number of carbonyl (C=O) groups excluding carboxylic acids is 1. The highest BCUT2D eigenvalue weighted by Crippen LogP contribution is 2.09.